The molecule has 1 aliphatic heterocycles. The van der Waals surface area contributed by atoms with Gasteiger partial charge in [-0.3, -0.25) is 0 Å². The van der Waals surface area contributed by atoms with Crippen LogP contribution in [-0.2, 0) is 5.41 Å². The van der Waals surface area contributed by atoms with Gasteiger partial charge in [0.1, 0.15) is 11.9 Å². The van der Waals surface area contributed by atoms with Crippen molar-refractivity contribution in [3.8, 4) is 17.1 Å². The predicted molar refractivity (Wildman–Crippen MR) is 165 cm³/mol. The van der Waals surface area contributed by atoms with Gasteiger partial charge in [-0.15, -0.1) is 0 Å². The smallest absolute Gasteiger partial charge is 0.130 e. The molecule has 3 nitrogen and oxygen atoms in total. The van der Waals surface area contributed by atoms with E-state index in [-0.39, 0.29) is 11.5 Å². The molecule has 7 aromatic rings. The molecule has 0 amide bonds. The summed E-state index contributed by atoms with van der Waals surface area (Å²) >= 11 is 0. The monoisotopic (exact) mass is 514 g/mol. The topological polar surface area (TPSA) is 19.1 Å². The third-order valence-electron chi connectivity index (χ3n) is 8.95. The first-order chi connectivity index (χ1) is 19.7. The maximum atomic E-state index is 6.55. The van der Waals surface area contributed by atoms with Gasteiger partial charge in [-0.25, -0.2) is 0 Å². The van der Waals surface area contributed by atoms with Gasteiger partial charge in [-0.1, -0.05) is 72.8 Å². The van der Waals surface area contributed by atoms with Gasteiger partial charge < -0.3 is 13.9 Å². The average Bonchev–Trinajstić information content (AvgIpc) is 3.60. The molecule has 2 aromatic heterocycles. The average molecular weight is 515 g/mol. The van der Waals surface area contributed by atoms with Crippen LogP contribution in [0.2, 0.25) is 0 Å². The van der Waals surface area contributed by atoms with E-state index in [1.54, 1.807) is 0 Å². The van der Waals surface area contributed by atoms with E-state index < -0.39 is 0 Å². The zero-order chi connectivity index (χ0) is 26.4. The van der Waals surface area contributed by atoms with Crippen LogP contribution in [0.15, 0.2) is 133 Å². The fraction of sp³-hybridized carbons (Fsp3) is 0.0811. The van der Waals surface area contributed by atoms with Crippen molar-refractivity contribution < 1.29 is 4.74 Å². The Hall–Kier alpha value is -5.02. The lowest BCUT2D eigenvalue weighted by atomic mass is 9.76. The maximum Gasteiger partial charge on any atom is 0.130 e. The van der Waals surface area contributed by atoms with E-state index in [4.69, 9.17) is 4.74 Å². The Labute approximate surface area is 231 Å². The summed E-state index contributed by atoms with van der Waals surface area (Å²) in [5, 5.41) is 5.04. The van der Waals surface area contributed by atoms with E-state index in [1.807, 2.05) is 0 Å². The standard InChI is InChI=1S/C37H26N2O/c1-37-19-11-10-18-36(37)40-35-23-34-29(21-30(35)37)28-20-27-26-16-8-9-17-31(26)38(24-12-4-2-5-13-24)32(27)22-33(28)39(34)25-14-6-3-7-15-25/h2-23,36H,1H3. The number of rotatable bonds is 2. The summed E-state index contributed by atoms with van der Waals surface area (Å²) in [6, 6.07) is 39.5. The highest BCUT2D eigenvalue weighted by molar-refractivity contribution is 6.19. The Balaban J connectivity index is 1.45. The van der Waals surface area contributed by atoms with Crippen LogP contribution in [0.4, 0.5) is 0 Å². The second-order valence-corrected chi connectivity index (χ2v) is 11.2. The molecule has 2 aliphatic rings. The lowest BCUT2D eigenvalue weighted by molar-refractivity contribution is 0.228. The first-order valence-corrected chi connectivity index (χ1v) is 13.9. The summed E-state index contributed by atoms with van der Waals surface area (Å²) in [6.45, 7) is 2.29. The maximum absolute atomic E-state index is 6.55. The summed E-state index contributed by atoms with van der Waals surface area (Å²) in [5.41, 5.74) is 8.17. The molecule has 9 rings (SSSR count). The first-order valence-electron chi connectivity index (χ1n) is 13.9. The molecule has 3 heterocycles. The number of ether oxygens (including phenoxy) is 1. The highest BCUT2D eigenvalue weighted by atomic mass is 16.5. The van der Waals surface area contributed by atoms with Crippen molar-refractivity contribution >= 4 is 43.6 Å². The molecule has 3 heteroatoms. The normalized spacial score (nSPS) is 19.5. The molecule has 0 saturated carbocycles. The molecule has 0 N–H and O–H groups in total. The first kappa shape index (κ1) is 21.9. The van der Waals surface area contributed by atoms with Crippen LogP contribution in [0.25, 0.3) is 55.0 Å². The number of aromatic nitrogens is 2. The quantitative estimate of drug-likeness (QED) is 0.225. The van der Waals surface area contributed by atoms with Crippen molar-refractivity contribution in [1.82, 2.24) is 9.13 Å². The fourth-order valence-electron chi connectivity index (χ4n) is 6.99. The van der Waals surface area contributed by atoms with E-state index >= 15 is 0 Å². The Bertz CT molecular complexity index is 2200. The number of nitrogens with zero attached hydrogens (tertiary/aromatic N) is 2. The van der Waals surface area contributed by atoms with Gasteiger partial charge in [0.05, 0.1) is 27.5 Å². The lowest BCUT2D eigenvalue weighted by Gasteiger charge is -2.26. The van der Waals surface area contributed by atoms with Gasteiger partial charge in [0.15, 0.2) is 0 Å². The highest BCUT2D eigenvalue weighted by Gasteiger charge is 2.43. The molecule has 0 radical (unpaired) electrons. The van der Waals surface area contributed by atoms with Gasteiger partial charge in [0.2, 0.25) is 0 Å². The molecular weight excluding hydrogens is 488 g/mol. The highest BCUT2D eigenvalue weighted by Crippen LogP contribution is 2.49. The molecule has 0 spiro atoms. The molecule has 2 atom stereocenters. The van der Waals surface area contributed by atoms with E-state index in [0.29, 0.717) is 0 Å². The van der Waals surface area contributed by atoms with Gasteiger partial charge in [0.25, 0.3) is 0 Å². The molecule has 0 fully saturated rings. The second kappa shape index (κ2) is 7.77. The zero-order valence-electron chi connectivity index (χ0n) is 22.1. The molecule has 2 unspecified atom stereocenters. The van der Waals surface area contributed by atoms with Crippen LogP contribution in [0, 0.1) is 0 Å². The van der Waals surface area contributed by atoms with Crippen molar-refractivity contribution in [2.75, 3.05) is 0 Å². The number of hydrogen-bond acceptors (Lipinski definition) is 1. The Morgan fingerprint density at radius 2 is 1.18 bits per heavy atom. The van der Waals surface area contributed by atoms with Crippen molar-refractivity contribution in [3.63, 3.8) is 0 Å². The molecule has 0 bridgehead atoms. The number of allylic oxidation sites excluding steroid dienone is 2. The van der Waals surface area contributed by atoms with Crippen molar-refractivity contribution in [3.05, 3.63) is 139 Å². The zero-order valence-corrected chi connectivity index (χ0v) is 22.1. The minimum atomic E-state index is -0.174. The molecule has 5 aromatic carbocycles. The lowest BCUT2D eigenvalue weighted by Crippen LogP contribution is -2.32. The Morgan fingerprint density at radius 3 is 1.93 bits per heavy atom. The third-order valence-corrected chi connectivity index (χ3v) is 8.95. The number of benzene rings is 5. The van der Waals surface area contributed by atoms with E-state index in [1.165, 1.54) is 54.9 Å². The molecule has 40 heavy (non-hydrogen) atoms. The van der Waals surface area contributed by atoms with Crippen LogP contribution in [-0.4, -0.2) is 15.2 Å². The molecular formula is C37H26N2O. The minimum absolute atomic E-state index is 0.0194. The Kier molecular flexibility index (Phi) is 4.25. The second-order valence-electron chi connectivity index (χ2n) is 11.2. The van der Waals surface area contributed by atoms with Crippen molar-refractivity contribution in [2.45, 2.75) is 18.4 Å². The largest absolute Gasteiger partial charge is 0.485 e. The SMILES string of the molecule is CC12C=CC=CC1Oc1cc3c(cc12)c1cc2c4ccccc4n(-c4ccccc4)c2cc1n3-c1ccccc1. The van der Waals surface area contributed by atoms with Crippen LogP contribution in [0.1, 0.15) is 12.5 Å². The molecule has 190 valence electrons. The van der Waals surface area contributed by atoms with E-state index in [9.17, 15) is 0 Å². The van der Waals surface area contributed by atoms with Crippen LogP contribution in [0.3, 0.4) is 0 Å². The number of fused-ring (bicyclic) bond motifs is 9. The van der Waals surface area contributed by atoms with Gasteiger partial charge in [0, 0.05) is 44.5 Å². The number of hydrogen-bond donors (Lipinski definition) is 0. The van der Waals surface area contributed by atoms with Crippen LogP contribution >= 0.6 is 0 Å². The summed E-state index contributed by atoms with van der Waals surface area (Å²) in [7, 11) is 0. The van der Waals surface area contributed by atoms with Gasteiger partial charge in [-0.05, 0) is 61.5 Å². The van der Waals surface area contributed by atoms with Crippen molar-refractivity contribution in [2.24, 2.45) is 0 Å². The van der Waals surface area contributed by atoms with E-state index in [2.05, 4.69) is 150 Å². The van der Waals surface area contributed by atoms with Gasteiger partial charge in [-0.2, -0.15) is 0 Å². The Morgan fingerprint density at radius 1 is 0.575 bits per heavy atom. The van der Waals surface area contributed by atoms with E-state index in [0.717, 1.165) is 11.4 Å². The van der Waals surface area contributed by atoms with Gasteiger partial charge >= 0.3 is 0 Å². The van der Waals surface area contributed by atoms with Crippen molar-refractivity contribution in [1.29, 1.82) is 0 Å². The molecule has 0 saturated heterocycles. The fourth-order valence-corrected chi connectivity index (χ4v) is 6.99. The summed E-state index contributed by atoms with van der Waals surface area (Å²) in [5.74, 6) is 0.972. The molecule has 1 aliphatic carbocycles. The summed E-state index contributed by atoms with van der Waals surface area (Å²) in [4.78, 5) is 0. The van der Waals surface area contributed by atoms with Crippen LogP contribution in [0.5, 0.6) is 5.75 Å². The predicted octanol–water partition coefficient (Wildman–Crippen LogP) is 9.03. The summed E-state index contributed by atoms with van der Waals surface area (Å²) < 4.78 is 11.3. The van der Waals surface area contributed by atoms with Crippen LogP contribution < -0.4 is 4.74 Å². The third kappa shape index (κ3) is 2.79. The number of para-hydroxylation sites is 3. The minimum Gasteiger partial charge on any atom is -0.485 e. The summed E-state index contributed by atoms with van der Waals surface area (Å²) in [6.07, 6.45) is 8.73.